The standard InChI is InChI=1S/C28H28N2O7/c1-4-5-15-36-26-17-20(16-19(2)27(31)32)9-14-25(26)21-7-6-8-23(18-21)29(3)28(33)37-24-12-10-22(11-13-24)30(34)35/h6-14,16-18H,4-5,15H2,1-3H3,(H,31,32)/b19-16-. The monoisotopic (exact) mass is 504 g/mol. The summed E-state index contributed by atoms with van der Waals surface area (Å²) in [6.45, 7) is 4.10. The molecule has 0 aliphatic heterocycles. The number of hydrogen-bond donors (Lipinski definition) is 1. The number of non-ortho nitro benzene ring substituents is 1. The van der Waals surface area contributed by atoms with Crippen LogP contribution in [0.5, 0.6) is 11.5 Å². The third-order valence-corrected chi connectivity index (χ3v) is 5.55. The molecule has 0 aliphatic carbocycles. The second-order valence-electron chi connectivity index (χ2n) is 8.32. The maximum atomic E-state index is 12.7. The molecular formula is C28H28N2O7. The highest BCUT2D eigenvalue weighted by molar-refractivity contribution is 5.92. The molecule has 3 aromatic carbocycles. The van der Waals surface area contributed by atoms with E-state index in [1.54, 1.807) is 31.3 Å². The minimum Gasteiger partial charge on any atom is -0.493 e. The van der Waals surface area contributed by atoms with Gasteiger partial charge in [0, 0.05) is 36.0 Å². The fourth-order valence-corrected chi connectivity index (χ4v) is 3.42. The van der Waals surface area contributed by atoms with Crippen molar-refractivity contribution in [3.8, 4) is 22.6 Å². The number of nitro groups is 1. The molecule has 0 spiro atoms. The molecule has 0 fully saturated rings. The number of rotatable bonds is 10. The second-order valence-corrected chi connectivity index (χ2v) is 8.32. The number of amides is 1. The lowest BCUT2D eigenvalue weighted by molar-refractivity contribution is -0.384. The Bertz CT molecular complexity index is 1320. The molecule has 192 valence electrons. The number of benzene rings is 3. The van der Waals surface area contributed by atoms with Crippen molar-refractivity contribution < 1.29 is 29.1 Å². The maximum Gasteiger partial charge on any atom is 0.419 e. The number of unbranched alkanes of at least 4 members (excludes halogenated alkanes) is 1. The summed E-state index contributed by atoms with van der Waals surface area (Å²) in [5, 5.41) is 20.0. The number of nitrogens with zero attached hydrogens (tertiary/aromatic N) is 2. The minimum absolute atomic E-state index is 0.0996. The lowest BCUT2D eigenvalue weighted by Crippen LogP contribution is -2.29. The predicted octanol–water partition coefficient (Wildman–Crippen LogP) is 6.56. The highest BCUT2D eigenvalue weighted by Gasteiger charge is 2.16. The van der Waals surface area contributed by atoms with Crippen LogP contribution in [0.4, 0.5) is 16.2 Å². The van der Waals surface area contributed by atoms with Crippen molar-refractivity contribution in [1.82, 2.24) is 0 Å². The Morgan fingerprint density at radius 3 is 2.46 bits per heavy atom. The molecule has 0 aromatic heterocycles. The number of hydrogen-bond acceptors (Lipinski definition) is 6. The van der Waals surface area contributed by atoms with Gasteiger partial charge in [0.2, 0.25) is 0 Å². The number of carboxylic acids is 1. The van der Waals surface area contributed by atoms with Gasteiger partial charge < -0.3 is 14.6 Å². The summed E-state index contributed by atoms with van der Waals surface area (Å²) in [4.78, 5) is 35.6. The van der Waals surface area contributed by atoms with Gasteiger partial charge in [-0.15, -0.1) is 0 Å². The molecule has 0 heterocycles. The fraction of sp³-hybridized carbons (Fsp3) is 0.214. The molecule has 3 aromatic rings. The number of carbonyl (C=O) groups is 2. The number of carbonyl (C=O) groups excluding carboxylic acids is 1. The van der Waals surface area contributed by atoms with E-state index < -0.39 is 17.0 Å². The highest BCUT2D eigenvalue weighted by Crippen LogP contribution is 2.34. The molecule has 9 heteroatoms. The Morgan fingerprint density at radius 2 is 1.81 bits per heavy atom. The second kappa shape index (κ2) is 12.3. The lowest BCUT2D eigenvalue weighted by atomic mass is 10.0. The first-order valence-corrected chi connectivity index (χ1v) is 11.7. The van der Waals surface area contributed by atoms with Gasteiger partial charge in [0.25, 0.3) is 5.69 Å². The van der Waals surface area contributed by atoms with Crippen LogP contribution in [-0.4, -0.2) is 35.7 Å². The summed E-state index contributed by atoms with van der Waals surface area (Å²) >= 11 is 0. The van der Waals surface area contributed by atoms with Gasteiger partial charge in [-0.1, -0.05) is 37.6 Å². The summed E-state index contributed by atoms with van der Waals surface area (Å²) in [6.07, 6.45) is 2.75. The van der Waals surface area contributed by atoms with Gasteiger partial charge in [-0.25, -0.2) is 9.59 Å². The fourth-order valence-electron chi connectivity index (χ4n) is 3.42. The van der Waals surface area contributed by atoms with E-state index >= 15 is 0 Å². The number of anilines is 1. The molecule has 9 nitrogen and oxygen atoms in total. The number of ether oxygens (including phenoxy) is 2. The van der Waals surface area contributed by atoms with Gasteiger partial charge >= 0.3 is 12.1 Å². The van der Waals surface area contributed by atoms with Crippen LogP contribution >= 0.6 is 0 Å². The minimum atomic E-state index is -0.992. The first kappa shape index (κ1) is 26.9. The maximum absolute atomic E-state index is 12.7. The Hall–Kier alpha value is -4.66. The van der Waals surface area contributed by atoms with Crippen molar-refractivity contribution in [1.29, 1.82) is 0 Å². The Balaban J connectivity index is 1.87. The normalized spacial score (nSPS) is 11.1. The average Bonchev–Trinajstić information content (AvgIpc) is 2.88. The van der Waals surface area contributed by atoms with Gasteiger partial charge in [0.15, 0.2) is 0 Å². The van der Waals surface area contributed by atoms with E-state index in [0.29, 0.717) is 23.6 Å². The van der Waals surface area contributed by atoms with E-state index in [1.807, 2.05) is 24.3 Å². The van der Waals surface area contributed by atoms with E-state index in [2.05, 4.69) is 6.92 Å². The van der Waals surface area contributed by atoms with Crippen LogP contribution < -0.4 is 14.4 Å². The van der Waals surface area contributed by atoms with Gasteiger partial charge in [0.1, 0.15) is 11.5 Å². The molecule has 0 unspecified atom stereocenters. The summed E-state index contributed by atoms with van der Waals surface area (Å²) < 4.78 is 11.4. The van der Waals surface area contributed by atoms with Crippen molar-refractivity contribution in [3.05, 3.63) is 88.0 Å². The molecule has 0 saturated heterocycles. The summed E-state index contributed by atoms with van der Waals surface area (Å²) in [7, 11) is 1.56. The van der Waals surface area contributed by atoms with Crippen LogP contribution in [-0.2, 0) is 4.79 Å². The summed E-state index contributed by atoms with van der Waals surface area (Å²) in [5.41, 5.74) is 2.97. The van der Waals surface area contributed by atoms with Crippen LogP contribution in [0, 0.1) is 10.1 Å². The van der Waals surface area contributed by atoms with Crippen LogP contribution in [0.3, 0.4) is 0 Å². The molecule has 1 amide bonds. The molecule has 0 saturated carbocycles. The van der Waals surface area contributed by atoms with E-state index in [-0.39, 0.29) is 17.0 Å². The zero-order chi connectivity index (χ0) is 26.9. The van der Waals surface area contributed by atoms with Crippen molar-refractivity contribution >= 4 is 29.5 Å². The van der Waals surface area contributed by atoms with Crippen molar-refractivity contribution in [2.45, 2.75) is 26.7 Å². The number of aliphatic carboxylic acids is 1. The highest BCUT2D eigenvalue weighted by atomic mass is 16.6. The Morgan fingerprint density at radius 1 is 1.08 bits per heavy atom. The van der Waals surface area contributed by atoms with Crippen LogP contribution in [0.1, 0.15) is 32.3 Å². The van der Waals surface area contributed by atoms with Crippen LogP contribution in [0.25, 0.3) is 17.2 Å². The third kappa shape index (κ3) is 7.17. The zero-order valence-electron chi connectivity index (χ0n) is 20.8. The van der Waals surface area contributed by atoms with Crippen molar-refractivity contribution in [3.63, 3.8) is 0 Å². The number of carboxylic acid groups (broad SMARTS) is 1. The zero-order valence-corrected chi connectivity index (χ0v) is 20.8. The van der Waals surface area contributed by atoms with Crippen molar-refractivity contribution in [2.75, 3.05) is 18.6 Å². The molecule has 3 rings (SSSR count). The van der Waals surface area contributed by atoms with Crippen molar-refractivity contribution in [2.24, 2.45) is 0 Å². The van der Waals surface area contributed by atoms with Gasteiger partial charge in [-0.05, 0) is 60.9 Å². The molecular weight excluding hydrogens is 476 g/mol. The van der Waals surface area contributed by atoms with E-state index in [1.165, 1.54) is 36.1 Å². The van der Waals surface area contributed by atoms with Gasteiger partial charge in [-0.2, -0.15) is 0 Å². The molecule has 0 atom stereocenters. The Labute approximate surface area is 214 Å². The summed E-state index contributed by atoms with van der Waals surface area (Å²) in [5.74, 6) is -0.201. The van der Waals surface area contributed by atoms with Crippen LogP contribution in [0.2, 0.25) is 0 Å². The lowest BCUT2D eigenvalue weighted by Gasteiger charge is -2.19. The smallest absolute Gasteiger partial charge is 0.419 e. The first-order valence-electron chi connectivity index (χ1n) is 11.7. The van der Waals surface area contributed by atoms with E-state index in [0.717, 1.165) is 24.0 Å². The average molecular weight is 505 g/mol. The molecule has 0 aliphatic rings. The van der Waals surface area contributed by atoms with E-state index in [9.17, 15) is 24.8 Å². The third-order valence-electron chi connectivity index (χ3n) is 5.55. The molecule has 1 N–H and O–H groups in total. The molecule has 0 bridgehead atoms. The van der Waals surface area contributed by atoms with Gasteiger partial charge in [0.05, 0.1) is 11.5 Å². The quantitative estimate of drug-likeness (QED) is 0.144. The topological polar surface area (TPSA) is 119 Å². The number of nitro benzene ring substituents is 1. The SMILES string of the molecule is CCCCOc1cc(/C=C(/C)C(=O)O)ccc1-c1cccc(N(C)C(=O)Oc2ccc([N+](=O)[O-])cc2)c1. The van der Waals surface area contributed by atoms with E-state index in [4.69, 9.17) is 9.47 Å². The van der Waals surface area contributed by atoms with Crippen LogP contribution in [0.15, 0.2) is 72.3 Å². The molecule has 37 heavy (non-hydrogen) atoms. The largest absolute Gasteiger partial charge is 0.493 e. The summed E-state index contributed by atoms with van der Waals surface area (Å²) in [6, 6.07) is 18.0. The first-order chi connectivity index (χ1) is 17.7. The predicted molar refractivity (Wildman–Crippen MR) is 141 cm³/mol. The van der Waals surface area contributed by atoms with Gasteiger partial charge in [-0.3, -0.25) is 15.0 Å². The molecule has 0 radical (unpaired) electrons. The Kier molecular flexibility index (Phi) is 8.99.